The Balaban J connectivity index is 2.88. The van der Waals surface area contributed by atoms with Crippen LogP contribution >= 0.6 is 15.9 Å². The maximum absolute atomic E-state index is 10.8. The Bertz CT molecular complexity index is 511. The van der Waals surface area contributed by atoms with Gasteiger partial charge in [-0.2, -0.15) is 0 Å². The Morgan fingerprint density at radius 2 is 2.14 bits per heavy atom. The molecule has 0 radical (unpaired) electrons. The van der Waals surface area contributed by atoms with E-state index in [-0.39, 0.29) is 0 Å². The third kappa shape index (κ3) is 1.53. The van der Waals surface area contributed by atoms with E-state index in [1.807, 2.05) is 18.2 Å². The van der Waals surface area contributed by atoms with Gasteiger partial charge in [0, 0.05) is 9.86 Å². The highest BCUT2D eigenvalue weighted by Crippen LogP contribution is 2.19. The fourth-order valence-electron chi connectivity index (χ4n) is 1.33. The minimum Gasteiger partial charge on any atom is -0.296 e. The van der Waals surface area contributed by atoms with Crippen LogP contribution in [0.5, 0.6) is 0 Å². The Kier molecular flexibility index (Phi) is 2.29. The number of aryl methyl sites for hydroxylation is 1. The average Bonchev–Trinajstić information content (AvgIpc) is 2.17. The molecular formula is C10H7BrN2O. The molecule has 14 heavy (non-hydrogen) atoms. The summed E-state index contributed by atoms with van der Waals surface area (Å²) in [4.78, 5) is 19.1. The van der Waals surface area contributed by atoms with Crippen LogP contribution in [0.4, 0.5) is 0 Å². The highest BCUT2D eigenvalue weighted by atomic mass is 79.9. The fourth-order valence-corrected chi connectivity index (χ4v) is 1.70. The van der Waals surface area contributed by atoms with Gasteiger partial charge in [-0.3, -0.25) is 4.79 Å². The van der Waals surface area contributed by atoms with Crippen molar-refractivity contribution in [2.75, 3.05) is 0 Å². The van der Waals surface area contributed by atoms with Gasteiger partial charge in [0.25, 0.3) is 0 Å². The molecule has 0 aliphatic rings. The molecular weight excluding hydrogens is 244 g/mol. The summed E-state index contributed by atoms with van der Waals surface area (Å²) in [5.41, 5.74) is 1.23. The lowest BCUT2D eigenvalue weighted by Gasteiger charge is -2.01. The molecule has 0 saturated carbocycles. The number of hydrogen-bond donors (Lipinski definition) is 0. The van der Waals surface area contributed by atoms with E-state index in [2.05, 4.69) is 25.9 Å². The molecule has 4 heteroatoms. The fraction of sp³-hybridized carbons (Fsp3) is 0.100. The molecule has 3 nitrogen and oxygen atoms in total. The Labute approximate surface area is 89.3 Å². The summed E-state index contributed by atoms with van der Waals surface area (Å²) in [6.07, 6.45) is 0.753. The first kappa shape index (κ1) is 9.27. The third-order valence-corrected chi connectivity index (χ3v) is 2.40. The van der Waals surface area contributed by atoms with Crippen LogP contribution in [0.3, 0.4) is 0 Å². The van der Waals surface area contributed by atoms with Crippen molar-refractivity contribution in [2.24, 2.45) is 0 Å². The second kappa shape index (κ2) is 3.46. The number of nitrogens with zero attached hydrogens (tertiary/aromatic N) is 2. The van der Waals surface area contributed by atoms with Crippen molar-refractivity contribution in [3.05, 3.63) is 34.2 Å². The van der Waals surface area contributed by atoms with Gasteiger partial charge in [-0.1, -0.05) is 15.9 Å². The van der Waals surface area contributed by atoms with Gasteiger partial charge < -0.3 is 0 Å². The summed E-state index contributed by atoms with van der Waals surface area (Å²) in [6, 6.07) is 5.60. The molecule has 0 atom stereocenters. The quantitative estimate of drug-likeness (QED) is 0.731. The van der Waals surface area contributed by atoms with Crippen molar-refractivity contribution in [1.29, 1.82) is 0 Å². The summed E-state index contributed by atoms with van der Waals surface area (Å²) in [7, 11) is 0. The monoisotopic (exact) mass is 250 g/mol. The SMILES string of the molecule is Cc1nc(C=O)c2cc(Br)ccc2n1. The Morgan fingerprint density at radius 1 is 1.36 bits per heavy atom. The van der Waals surface area contributed by atoms with Crippen molar-refractivity contribution in [3.8, 4) is 0 Å². The number of carbonyl (C=O) groups excluding carboxylic acids is 1. The first-order valence-electron chi connectivity index (χ1n) is 4.10. The minimum atomic E-state index is 0.439. The molecule has 1 heterocycles. The Morgan fingerprint density at radius 3 is 2.86 bits per heavy atom. The van der Waals surface area contributed by atoms with Gasteiger partial charge in [0.2, 0.25) is 0 Å². The normalized spacial score (nSPS) is 10.4. The highest BCUT2D eigenvalue weighted by molar-refractivity contribution is 9.10. The van der Waals surface area contributed by atoms with Crippen molar-refractivity contribution in [2.45, 2.75) is 6.92 Å². The van der Waals surface area contributed by atoms with E-state index >= 15 is 0 Å². The van der Waals surface area contributed by atoms with Crippen LogP contribution in [0, 0.1) is 6.92 Å². The van der Waals surface area contributed by atoms with Gasteiger partial charge >= 0.3 is 0 Å². The van der Waals surface area contributed by atoms with E-state index in [1.54, 1.807) is 6.92 Å². The van der Waals surface area contributed by atoms with E-state index in [4.69, 9.17) is 0 Å². The smallest absolute Gasteiger partial charge is 0.169 e. The highest BCUT2D eigenvalue weighted by Gasteiger charge is 2.04. The number of rotatable bonds is 1. The first-order valence-corrected chi connectivity index (χ1v) is 4.89. The standard InChI is InChI=1S/C10H7BrN2O/c1-6-12-9-3-2-7(11)4-8(9)10(5-14)13-6/h2-5H,1H3. The zero-order valence-electron chi connectivity index (χ0n) is 7.49. The molecule has 0 N–H and O–H groups in total. The number of carbonyl (C=O) groups is 1. The molecule has 70 valence electrons. The summed E-state index contributed by atoms with van der Waals surface area (Å²) in [6.45, 7) is 1.77. The third-order valence-electron chi connectivity index (χ3n) is 1.91. The molecule has 2 aromatic rings. The zero-order valence-corrected chi connectivity index (χ0v) is 9.08. The molecule has 0 spiro atoms. The lowest BCUT2D eigenvalue weighted by atomic mass is 10.2. The van der Waals surface area contributed by atoms with E-state index in [1.165, 1.54) is 0 Å². The maximum Gasteiger partial charge on any atom is 0.169 e. The van der Waals surface area contributed by atoms with E-state index in [0.29, 0.717) is 11.5 Å². The molecule has 0 bridgehead atoms. The predicted molar refractivity (Wildman–Crippen MR) is 57.4 cm³/mol. The summed E-state index contributed by atoms with van der Waals surface area (Å²) < 4.78 is 0.917. The molecule has 1 aromatic carbocycles. The van der Waals surface area contributed by atoms with Crippen molar-refractivity contribution >= 4 is 33.1 Å². The van der Waals surface area contributed by atoms with Gasteiger partial charge in [-0.05, 0) is 25.1 Å². The summed E-state index contributed by atoms with van der Waals surface area (Å²) in [5, 5.41) is 0.778. The number of hydrogen-bond acceptors (Lipinski definition) is 3. The lowest BCUT2D eigenvalue weighted by Crippen LogP contribution is -1.95. The largest absolute Gasteiger partial charge is 0.296 e. The van der Waals surface area contributed by atoms with E-state index in [9.17, 15) is 4.79 Å². The van der Waals surface area contributed by atoms with Crippen LogP contribution in [0.25, 0.3) is 10.9 Å². The molecule has 2 rings (SSSR count). The van der Waals surface area contributed by atoms with Crippen molar-refractivity contribution in [3.63, 3.8) is 0 Å². The average molecular weight is 251 g/mol. The second-order valence-corrected chi connectivity index (χ2v) is 3.85. The van der Waals surface area contributed by atoms with Crippen LogP contribution < -0.4 is 0 Å². The van der Waals surface area contributed by atoms with Crippen LogP contribution in [-0.4, -0.2) is 16.3 Å². The number of aldehydes is 1. The maximum atomic E-state index is 10.8. The number of fused-ring (bicyclic) bond motifs is 1. The van der Waals surface area contributed by atoms with Gasteiger partial charge in [0.1, 0.15) is 11.5 Å². The molecule has 0 aliphatic carbocycles. The lowest BCUT2D eigenvalue weighted by molar-refractivity contribution is 0.112. The minimum absolute atomic E-state index is 0.439. The van der Waals surface area contributed by atoms with Crippen LogP contribution in [0.2, 0.25) is 0 Å². The van der Waals surface area contributed by atoms with Crippen LogP contribution in [0.1, 0.15) is 16.3 Å². The number of aromatic nitrogens is 2. The number of benzene rings is 1. The molecule has 1 aromatic heterocycles. The van der Waals surface area contributed by atoms with Gasteiger partial charge in [0.15, 0.2) is 6.29 Å². The van der Waals surface area contributed by atoms with E-state index in [0.717, 1.165) is 21.7 Å². The molecule has 0 fully saturated rings. The summed E-state index contributed by atoms with van der Waals surface area (Å²) in [5.74, 6) is 0.613. The molecule has 0 unspecified atom stereocenters. The van der Waals surface area contributed by atoms with Crippen LogP contribution in [-0.2, 0) is 0 Å². The van der Waals surface area contributed by atoms with E-state index < -0.39 is 0 Å². The van der Waals surface area contributed by atoms with Crippen molar-refractivity contribution < 1.29 is 4.79 Å². The Hall–Kier alpha value is -1.29. The van der Waals surface area contributed by atoms with Crippen LogP contribution in [0.15, 0.2) is 22.7 Å². The summed E-state index contributed by atoms with van der Waals surface area (Å²) >= 11 is 3.34. The predicted octanol–water partition coefficient (Wildman–Crippen LogP) is 2.51. The molecule has 0 amide bonds. The second-order valence-electron chi connectivity index (χ2n) is 2.94. The zero-order chi connectivity index (χ0) is 10.1. The molecule has 0 aliphatic heterocycles. The van der Waals surface area contributed by atoms with Crippen molar-refractivity contribution in [1.82, 2.24) is 9.97 Å². The number of halogens is 1. The van der Waals surface area contributed by atoms with Gasteiger partial charge in [0.05, 0.1) is 5.52 Å². The van der Waals surface area contributed by atoms with Gasteiger partial charge in [-0.15, -0.1) is 0 Å². The topological polar surface area (TPSA) is 42.9 Å². The van der Waals surface area contributed by atoms with Gasteiger partial charge in [-0.25, -0.2) is 9.97 Å². The first-order chi connectivity index (χ1) is 6.70. The molecule has 0 saturated heterocycles.